The predicted molar refractivity (Wildman–Crippen MR) is 162 cm³/mol. The summed E-state index contributed by atoms with van der Waals surface area (Å²) in [5, 5.41) is 2.94. The minimum Gasteiger partial charge on any atom is -0.497 e. The Labute approximate surface area is 235 Å². The fourth-order valence-corrected chi connectivity index (χ4v) is 6.96. The van der Waals surface area contributed by atoms with Crippen molar-refractivity contribution in [3.63, 3.8) is 0 Å². The molecule has 0 aliphatic rings. The van der Waals surface area contributed by atoms with Crippen LogP contribution in [0, 0.1) is 33.9 Å². The van der Waals surface area contributed by atoms with Crippen molar-refractivity contribution in [1.82, 2.24) is 0 Å². The van der Waals surface area contributed by atoms with Crippen molar-refractivity contribution in [3.8, 4) is 5.75 Å². The molecule has 0 unspecified atom stereocenters. The van der Waals surface area contributed by atoms with Gasteiger partial charge in [0, 0.05) is 0 Å². The monoisotopic (exact) mass is 546 g/mol. The molecule has 0 radical (unpaired) electrons. The molecule has 0 bridgehead atoms. The van der Waals surface area contributed by atoms with E-state index in [0.717, 1.165) is 5.75 Å². The van der Waals surface area contributed by atoms with Gasteiger partial charge in [-0.15, -0.1) is 16.1 Å². The Morgan fingerprint density at radius 1 is 0.765 bits per heavy atom. The summed E-state index contributed by atoms with van der Waals surface area (Å²) in [5.74, 6) is 1.10. The second-order valence-electron chi connectivity index (χ2n) is 13.5. The van der Waals surface area contributed by atoms with Crippen LogP contribution in [0.1, 0.15) is 43.0 Å². The Morgan fingerprint density at radius 2 is 1.18 bits per heavy atom. The average molecular weight is 547 g/mol. The molecular formula is C29H53OScSi3. The summed E-state index contributed by atoms with van der Waals surface area (Å²) in [6.07, 6.45) is 0. The molecule has 0 saturated carbocycles. The van der Waals surface area contributed by atoms with Crippen molar-refractivity contribution in [1.29, 1.82) is 0 Å². The molecule has 0 fully saturated rings. The van der Waals surface area contributed by atoms with Crippen LogP contribution in [0.4, 0.5) is 0 Å². The molecule has 0 amide bonds. The molecule has 0 aromatic heterocycles. The van der Waals surface area contributed by atoms with E-state index in [1.54, 1.807) is 0 Å². The zero-order chi connectivity index (χ0) is 26.6. The topological polar surface area (TPSA) is 9.23 Å². The third kappa shape index (κ3) is 13.3. The van der Waals surface area contributed by atoms with E-state index < -0.39 is 24.2 Å². The van der Waals surface area contributed by atoms with Crippen LogP contribution in [0.3, 0.4) is 0 Å². The van der Waals surface area contributed by atoms with Crippen LogP contribution in [0.25, 0.3) is 0 Å². The van der Waals surface area contributed by atoms with E-state index in [9.17, 15) is 0 Å². The van der Waals surface area contributed by atoms with Gasteiger partial charge >= 0.3 is 25.8 Å². The second-order valence-corrected chi connectivity index (χ2v) is 28.1. The molecular weight excluding hydrogens is 494 g/mol. The van der Waals surface area contributed by atoms with Crippen molar-refractivity contribution in [2.45, 2.75) is 99.3 Å². The van der Waals surface area contributed by atoms with E-state index in [4.69, 9.17) is 4.74 Å². The van der Waals surface area contributed by atoms with E-state index in [0.29, 0.717) is 0 Å². The summed E-state index contributed by atoms with van der Waals surface area (Å²) in [6, 6.07) is 9.31. The van der Waals surface area contributed by atoms with E-state index in [1.165, 1.54) is 32.6 Å². The van der Waals surface area contributed by atoms with Gasteiger partial charge in [-0.3, -0.25) is 0 Å². The molecule has 0 spiro atoms. The molecule has 5 heteroatoms. The molecule has 2 aromatic carbocycles. The van der Waals surface area contributed by atoms with Crippen molar-refractivity contribution >= 4 is 34.6 Å². The first kappa shape index (κ1) is 36.0. The molecule has 0 heterocycles. The number of methoxy groups -OCH3 is 1. The number of rotatable bonds is 3. The molecule has 2 aromatic rings. The van der Waals surface area contributed by atoms with Gasteiger partial charge in [-0.25, -0.2) is 11.6 Å². The third-order valence-corrected chi connectivity index (χ3v) is 8.44. The molecule has 0 aliphatic heterocycles. The normalized spacial score (nSPS) is 12.0. The standard InChI is InChI=1S/C21H31OSi.2C4H11Si.Sc/c1-14-10-16(3)18(12-14)23(8,9)19-13-15(2)11-17(20(19)22-7)21(4,5)6;2*1-5(2,3)4;/h10-13H,1-9H3;2*1H2,2-4H3;/q3*-1;+3. The zero-order valence-electron chi connectivity index (χ0n) is 25.2. The Balaban J connectivity index is 0. The number of ether oxygens (including phenoxy) is 1. The predicted octanol–water partition coefficient (Wildman–Crippen LogP) is 7.85. The van der Waals surface area contributed by atoms with Crippen LogP contribution < -0.4 is 15.1 Å². The van der Waals surface area contributed by atoms with Gasteiger partial charge in [0.05, 0.1) is 15.2 Å². The van der Waals surface area contributed by atoms with Gasteiger partial charge < -0.3 is 17.8 Å². The van der Waals surface area contributed by atoms with Gasteiger partial charge in [0.15, 0.2) is 0 Å². The van der Waals surface area contributed by atoms with Gasteiger partial charge in [0.1, 0.15) is 5.75 Å². The first-order valence-electron chi connectivity index (χ1n) is 12.1. The maximum absolute atomic E-state index is 5.95. The largest absolute Gasteiger partial charge is 3.00 e. The van der Waals surface area contributed by atoms with Gasteiger partial charge in [-0.2, -0.15) is 16.8 Å². The van der Waals surface area contributed by atoms with Crippen molar-refractivity contribution in [2.75, 3.05) is 7.11 Å². The number of hydrogen-bond acceptors (Lipinski definition) is 1. The first-order valence-corrected chi connectivity index (χ1v) is 22.5. The molecule has 190 valence electrons. The molecule has 2 rings (SSSR count). The minimum atomic E-state index is -1.81. The summed E-state index contributed by atoms with van der Waals surface area (Å²) in [6.45, 7) is 39.4. The van der Waals surface area contributed by atoms with Crippen LogP contribution in [0.15, 0.2) is 24.3 Å². The Kier molecular flexibility index (Phi) is 14.2. The fourth-order valence-electron chi connectivity index (χ4n) is 3.64. The van der Waals surface area contributed by atoms with Crippen LogP contribution >= 0.6 is 0 Å². The summed E-state index contributed by atoms with van der Waals surface area (Å²) in [4.78, 5) is 0. The van der Waals surface area contributed by atoms with E-state index in [2.05, 4.69) is 131 Å². The molecule has 0 N–H and O–H groups in total. The Morgan fingerprint density at radius 3 is 1.47 bits per heavy atom. The summed E-state index contributed by atoms with van der Waals surface area (Å²) in [5.41, 5.74) is 5.50. The summed E-state index contributed by atoms with van der Waals surface area (Å²) in [7, 11) is -1.72. The molecule has 0 atom stereocenters. The van der Waals surface area contributed by atoms with E-state index in [1.807, 2.05) is 7.11 Å². The Bertz CT molecular complexity index is 868. The first-order chi connectivity index (χ1) is 14.5. The van der Waals surface area contributed by atoms with Crippen LogP contribution in [-0.4, -0.2) is 31.3 Å². The SMILES string of the molecule is COc1c(C(C)(C)C)cc(C)cc1[Si](C)(C)[c-]1cc(C)cc1C.[CH2-][Si](C)(C)C.[CH2-][Si](C)(C)C.[Sc+3]. The van der Waals surface area contributed by atoms with E-state index in [-0.39, 0.29) is 31.3 Å². The Hall–Kier alpha value is -0.109. The van der Waals surface area contributed by atoms with Gasteiger partial charge in [-0.1, -0.05) is 105 Å². The molecule has 0 aliphatic carbocycles. The maximum Gasteiger partial charge on any atom is 3.00 e. The van der Waals surface area contributed by atoms with Crippen LogP contribution in [0.5, 0.6) is 5.75 Å². The van der Waals surface area contributed by atoms with Crippen LogP contribution in [0.2, 0.25) is 52.4 Å². The molecule has 34 heavy (non-hydrogen) atoms. The number of hydrogen-bond donors (Lipinski definition) is 0. The van der Waals surface area contributed by atoms with Gasteiger partial charge in [-0.05, 0) is 23.1 Å². The smallest absolute Gasteiger partial charge is 0.497 e. The molecule has 1 nitrogen and oxygen atoms in total. The van der Waals surface area contributed by atoms with Crippen molar-refractivity contribution in [3.05, 3.63) is 59.6 Å². The maximum atomic E-state index is 5.95. The fraction of sp³-hybridized carbons (Fsp3) is 0.552. The van der Waals surface area contributed by atoms with Crippen LogP contribution in [-0.2, 0) is 31.3 Å². The van der Waals surface area contributed by atoms with E-state index >= 15 is 0 Å². The molecule has 0 saturated heterocycles. The average Bonchev–Trinajstić information content (AvgIpc) is 2.89. The zero-order valence-corrected chi connectivity index (χ0v) is 30.0. The van der Waals surface area contributed by atoms with Crippen molar-refractivity contribution in [2.24, 2.45) is 0 Å². The summed E-state index contributed by atoms with van der Waals surface area (Å²) >= 11 is 0. The van der Waals surface area contributed by atoms with Gasteiger partial charge in [0.25, 0.3) is 0 Å². The number of aryl methyl sites for hydroxylation is 3. The number of benzene rings is 1. The second kappa shape index (κ2) is 13.4. The summed E-state index contributed by atoms with van der Waals surface area (Å²) < 4.78 is 5.95. The minimum absolute atomic E-state index is 0. The third-order valence-electron chi connectivity index (χ3n) is 4.83. The van der Waals surface area contributed by atoms with Gasteiger partial charge in [0.2, 0.25) is 0 Å². The van der Waals surface area contributed by atoms with Crippen molar-refractivity contribution < 1.29 is 30.6 Å². The quantitative estimate of drug-likeness (QED) is 0.281.